The standard InChI is InChI=1S/C12H15ClN2OS/c1-17-11-4-2-10(3-5-11)14-12(13)15-6-8-16-9-7-15/h2-5H,6-9H2,1H3. The average molecular weight is 271 g/mol. The lowest BCUT2D eigenvalue weighted by atomic mass is 10.3. The van der Waals surface area contributed by atoms with Gasteiger partial charge in [0.05, 0.1) is 18.9 Å². The van der Waals surface area contributed by atoms with Gasteiger partial charge in [-0.05, 0) is 42.1 Å². The zero-order valence-electron chi connectivity index (χ0n) is 9.73. The lowest BCUT2D eigenvalue weighted by molar-refractivity contribution is 0.0692. The van der Waals surface area contributed by atoms with Crippen molar-refractivity contribution in [1.82, 2.24) is 4.90 Å². The fourth-order valence-electron chi connectivity index (χ4n) is 1.58. The predicted octanol–water partition coefficient (Wildman–Crippen LogP) is 2.97. The van der Waals surface area contributed by atoms with Crippen molar-refractivity contribution in [3.8, 4) is 0 Å². The van der Waals surface area contributed by atoms with E-state index < -0.39 is 0 Å². The second-order valence-electron chi connectivity index (χ2n) is 3.68. The van der Waals surface area contributed by atoms with Crippen molar-refractivity contribution in [3.05, 3.63) is 24.3 Å². The summed E-state index contributed by atoms with van der Waals surface area (Å²) in [7, 11) is 0. The Morgan fingerprint density at radius 2 is 1.94 bits per heavy atom. The average Bonchev–Trinajstić information content (AvgIpc) is 2.40. The highest BCUT2D eigenvalue weighted by Gasteiger charge is 2.12. The number of rotatable bonds is 2. The number of hydrogen-bond donors (Lipinski definition) is 0. The third kappa shape index (κ3) is 3.63. The Hall–Kier alpha value is -0.710. The summed E-state index contributed by atoms with van der Waals surface area (Å²) in [4.78, 5) is 7.66. The van der Waals surface area contributed by atoms with Crippen LogP contribution in [0.15, 0.2) is 34.2 Å². The minimum absolute atomic E-state index is 0.546. The molecule has 0 radical (unpaired) electrons. The maximum Gasteiger partial charge on any atom is 0.199 e. The summed E-state index contributed by atoms with van der Waals surface area (Å²) < 4.78 is 5.27. The number of halogens is 1. The molecule has 0 bridgehead atoms. The van der Waals surface area contributed by atoms with Crippen molar-refractivity contribution < 1.29 is 4.74 Å². The number of benzene rings is 1. The van der Waals surface area contributed by atoms with E-state index in [0.29, 0.717) is 5.29 Å². The number of morpholine rings is 1. The zero-order chi connectivity index (χ0) is 12.1. The van der Waals surface area contributed by atoms with Gasteiger partial charge in [-0.25, -0.2) is 4.99 Å². The Morgan fingerprint density at radius 3 is 2.53 bits per heavy atom. The van der Waals surface area contributed by atoms with E-state index in [0.717, 1.165) is 32.0 Å². The van der Waals surface area contributed by atoms with Gasteiger partial charge in [0, 0.05) is 18.0 Å². The largest absolute Gasteiger partial charge is 0.378 e. The van der Waals surface area contributed by atoms with E-state index in [-0.39, 0.29) is 0 Å². The lowest BCUT2D eigenvalue weighted by Gasteiger charge is -2.26. The third-order valence-electron chi connectivity index (χ3n) is 2.57. The first-order valence-electron chi connectivity index (χ1n) is 5.50. The number of hydrogen-bond acceptors (Lipinski definition) is 3. The Labute approximate surface area is 111 Å². The van der Waals surface area contributed by atoms with Gasteiger partial charge in [0.15, 0.2) is 5.29 Å². The third-order valence-corrected chi connectivity index (χ3v) is 3.63. The highest BCUT2D eigenvalue weighted by Crippen LogP contribution is 2.20. The van der Waals surface area contributed by atoms with Crippen LogP contribution in [0.25, 0.3) is 0 Å². The second-order valence-corrected chi connectivity index (χ2v) is 4.90. The molecule has 0 atom stereocenters. The summed E-state index contributed by atoms with van der Waals surface area (Å²) in [5, 5.41) is 0.546. The molecule has 0 spiro atoms. The minimum atomic E-state index is 0.546. The Bertz CT molecular complexity index is 388. The van der Waals surface area contributed by atoms with Gasteiger partial charge < -0.3 is 9.64 Å². The van der Waals surface area contributed by atoms with E-state index in [1.807, 2.05) is 29.2 Å². The van der Waals surface area contributed by atoms with Crippen LogP contribution in [0.1, 0.15) is 0 Å². The second kappa shape index (κ2) is 6.28. The van der Waals surface area contributed by atoms with Crippen LogP contribution in [-0.2, 0) is 4.74 Å². The SMILES string of the molecule is CSc1ccc(N=C(Cl)N2CCOCC2)cc1. The highest BCUT2D eigenvalue weighted by atomic mass is 35.5. The van der Waals surface area contributed by atoms with Gasteiger partial charge in [-0.3, -0.25) is 0 Å². The lowest BCUT2D eigenvalue weighted by Crippen LogP contribution is -2.38. The van der Waals surface area contributed by atoms with Crippen molar-refractivity contribution in [3.63, 3.8) is 0 Å². The molecule has 1 aromatic rings. The number of amidine groups is 1. The normalized spacial score (nSPS) is 17.3. The molecule has 5 heteroatoms. The molecule has 1 heterocycles. The number of ether oxygens (including phenoxy) is 1. The molecule has 92 valence electrons. The summed E-state index contributed by atoms with van der Waals surface area (Å²) >= 11 is 7.90. The monoisotopic (exact) mass is 270 g/mol. The van der Waals surface area contributed by atoms with Crippen molar-refractivity contribution in [2.45, 2.75) is 4.90 Å². The predicted molar refractivity (Wildman–Crippen MR) is 73.6 cm³/mol. The van der Waals surface area contributed by atoms with Gasteiger partial charge >= 0.3 is 0 Å². The van der Waals surface area contributed by atoms with E-state index in [9.17, 15) is 0 Å². The molecule has 0 amide bonds. The van der Waals surface area contributed by atoms with Gasteiger partial charge in [-0.1, -0.05) is 0 Å². The van der Waals surface area contributed by atoms with Crippen molar-refractivity contribution in [1.29, 1.82) is 0 Å². The molecule has 0 unspecified atom stereocenters. The first-order valence-corrected chi connectivity index (χ1v) is 7.11. The minimum Gasteiger partial charge on any atom is -0.378 e. The molecule has 0 N–H and O–H groups in total. The molecule has 1 fully saturated rings. The topological polar surface area (TPSA) is 24.8 Å². The summed E-state index contributed by atoms with van der Waals surface area (Å²) in [5.41, 5.74) is 0.888. The fraction of sp³-hybridized carbons (Fsp3) is 0.417. The van der Waals surface area contributed by atoms with E-state index in [1.165, 1.54) is 4.90 Å². The van der Waals surface area contributed by atoms with Crippen LogP contribution in [0, 0.1) is 0 Å². The van der Waals surface area contributed by atoms with E-state index in [1.54, 1.807) is 11.8 Å². The molecular weight excluding hydrogens is 256 g/mol. The van der Waals surface area contributed by atoms with Crippen LogP contribution in [-0.4, -0.2) is 42.8 Å². The highest BCUT2D eigenvalue weighted by molar-refractivity contribution is 7.98. The number of nitrogens with zero attached hydrogens (tertiary/aromatic N) is 2. The van der Waals surface area contributed by atoms with Crippen LogP contribution >= 0.6 is 23.4 Å². The molecule has 1 aliphatic rings. The summed E-state index contributed by atoms with van der Waals surface area (Å²) in [6.07, 6.45) is 2.05. The van der Waals surface area contributed by atoms with Crippen LogP contribution in [0.4, 0.5) is 5.69 Å². The van der Waals surface area contributed by atoms with Gasteiger partial charge in [0.1, 0.15) is 0 Å². The summed E-state index contributed by atoms with van der Waals surface area (Å²) in [6.45, 7) is 3.06. The molecule has 0 aliphatic carbocycles. The molecule has 3 nitrogen and oxygen atoms in total. The molecule has 2 rings (SSSR count). The molecule has 0 saturated carbocycles. The summed E-state index contributed by atoms with van der Waals surface area (Å²) in [5.74, 6) is 0. The van der Waals surface area contributed by atoms with Crippen LogP contribution in [0.2, 0.25) is 0 Å². The quantitative estimate of drug-likeness (QED) is 0.357. The number of aliphatic imine (C=N–C) groups is 1. The Kier molecular flexibility index (Phi) is 4.71. The van der Waals surface area contributed by atoms with Crippen LogP contribution in [0.3, 0.4) is 0 Å². The fourth-order valence-corrected chi connectivity index (χ4v) is 2.26. The van der Waals surface area contributed by atoms with Crippen LogP contribution in [0.5, 0.6) is 0 Å². The smallest absolute Gasteiger partial charge is 0.199 e. The molecule has 17 heavy (non-hydrogen) atoms. The van der Waals surface area contributed by atoms with E-state index in [2.05, 4.69) is 11.2 Å². The molecule has 1 aromatic carbocycles. The Balaban J connectivity index is 2.05. The van der Waals surface area contributed by atoms with E-state index >= 15 is 0 Å². The van der Waals surface area contributed by atoms with Gasteiger partial charge in [-0.15, -0.1) is 11.8 Å². The van der Waals surface area contributed by atoms with Crippen LogP contribution < -0.4 is 0 Å². The maximum atomic E-state index is 6.18. The van der Waals surface area contributed by atoms with Crippen molar-refractivity contribution in [2.75, 3.05) is 32.6 Å². The van der Waals surface area contributed by atoms with E-state index in [4.69, 9.17) is 16.3 Å². The van der Waals surface area contributed by atoms with Gasteiger partial charge in [0.2, 0.25) is 0 Å². The van der Waals surface area contributed by atoms with Crippen molar-refractivity contribution in [2.24, 2.45) is 4.99 Å². The van der Waals surface area contributed by atoms with Gasteiger partial charge in [-0.2, -0.15) is 0 Å². The van der Waals surface area contributed by atoms with Crippen molar-refractivity contribution >= 4 is 34.3 Å². The molecule has 1 aliphatic heterocycles. The maximum absolute atomic E-state index is 6.18. The Morgan fingerprint density at radius 1 is 1.29 bits per heavy atom. The zero-order valence-corrected chi connectivity index (χ0v) is 11.3. The molecular formula is C12H15ClN2OS. The molecule has 0 aromatic heterocycles. The summed E-state index contributed by atoms with van der Waals surface area (Å²) in [6, 6.07) is 8.06. The molecule has 1 saturated heterocycles. The van der Waals surface area contributed by atoms with Gasteiger partial charge in [0.25, 0.3) is 0 Å². The first kappa shape index (κ1) is 12.7. The first-order chi connectivity index (χ1) is 8.29. The number of thioether (sulfide) groups is 1.